The number of nitrogens with one attached hydrogen (secondary N) is 1. The fraction of sp³-hybridized carbons (Fsp3) is 0.500. The minimum atomic E-state index is -4.21. The van der Waals surface area contributed by atoms with Gasteiger partial charge in [-0.25, -0.2) is 0 Å². The van der Waals surface area contributed by atoms with Gasteiger partial charge in [0, 0.05) is 12.6 Å². The molecule has 1 atom stereocenters. The molecule has 0 saturated heterocycles. The molecule has 2 nitrogen and oxygen atoms in total. The normalized spacial score (nSPS) is 13.7. The number of halogens is 3. The first-order valence-electron chi connectivity index (χ1n) is 5.56. The van der Waals surface area contributed by atoms with Crippen LogP contribution in [0.15, 0.2) is 24.3 Å². The lowest BCUT2D eigenvalue weighted by molar-refractivity contribution is -0.126. The van der Waals surface area contributed by atoms with E-state index in [0.717, 1.165) is 17.5 Å². The average molecular weight is 246 g/mol. The molecule has 0 aliphatic heterocycles. The Morgan fingerprint density at radius 1 is 1.29 bits per heavy atom. The van der Waals surface area contributed by atoms with Gasteiger partial charge in [-0.05, 0) is 17.5 Å². The molecule has 96 valence electrons. The van der Waals surface area contributed by atoms with Gasteiger partial charge < -0.3 is 11.1 Å². The summed E-state index contributed by atoms with van der Waals surface area (Å²) in [4.78, 5) is 0. The molecule has 0 saturated carbocycles. The summed E-state index contributed by atoms with van der Waals surface area (Å²) in [5, 5.41) is 2.45. The molecule has 17 heavy (non-hydrogen) atoms. The maximum absolute atomic E-state index is 12.1. The molecule has 0 aromatic heterocycles. The molecule has 1 aromatic carbocycles. The summed E-state index contributed by atoms with van der Waals surface area (Å²) < 4.78 is 36.4. The lowest BCUT2D eigenvalue weighted by Gasteiger charge is -2.21. The Bertz CT molecular complexity index is 350. The summed E-state index contributed by atoms with van der Waals surface area (Å²) in [6, 6.07) is 6.96. The van der Waals surface area contributed by atoms with E-state index in [1.807, 2.05) is 31.2 Å². The summed E-state index contributed by atoms with van der Waals surface area (Å²) in [5.41, 5.74) is 7.40. The van der Waals surface area contributed by atoms with Gasteiger partial charge >= 0.3 is 6.18 Å². The Labute approximate surface area is 99.0 Å². The number of hydrogen-bond donors (Lipinski definition) is 2. The molecule has 0 radical (unpaired) electrons. The molecule has 0 aliphatic carbocycles. The van der Waals surface area contributed by atoms with Crippen LogP contribution in [-0.4, -0.2) is 19.3 Å². The first-order valence-corrected chi connectivity index (χ1v) is 5.56. The highest BCUT2D eigenvalue weighted by atomic mass is 19.4. The Morgan fingerprint density at radius 3 is 2.47 bits per heavy atom. The van der Waals surface area contributed by atoms with Gasteiger partial charge in [-0.3, -0.25) is 0 Å². The van der Waals surface area contributed by atoms with E-state index in [-0.39, 0.29) is 6.54 Å². The van der Waals surface area contributed by atoms with Crippen molar-refractivity contribution in [3.8, 4) is 0 Å². The third kappa shape index (κ3) is 4.36. The molecule has 1 aromatic rings. The SMILES string of the molecule is CCc1ccccc1C(CN)NCC(F)(F)F. The van der Waals surface area contributed by atoms with Gasteiger partial charge in [0.15, 0.2) is 0 Å². The van der Waals surface area contributed by atoms with E-state index in [0.29, 0.717) is 0 Å². The highest BCUT2D eigenvalue weighted by molar-refractivity contribution is 5.30. The number of benzene rings is 1. The second-order valence-corrected chi connectivity index (χ2v) is 3.84. The van der Waals surface area contributed by atoms with Gasteiger partial charge in [0.25, 0.3) is 0 Å². The van der Waals surface area contributed by atoms with Crippen molar-refractivity contribution in [1.82, 2.24) is 5.32 Å². The second kappa shape index (κ2) is 6.02. The van der Waals surface area contributed by atoms with Gasteiger partial charge in [0.2, 0.25) is 0 Å². The van der Waals surface area contributed by atoms with Crippen molar-refractivity contribution < 1.29 is 13.2 Å². The van der Waals surface area contributed by atoms with Gasteiger partial charge in [0.05, 0.1) is 6.54 Å². The Hall–Kier alpha value is -1.07. The summed E-state index contributed by atoms with van der Waals surface area (Å²) in [7, 11) is 0. The van der Waals surface area contributed by atoms with E-state index in [1.165, 1.54) is 0 Å². The summed E-state index contributed by atoms with van der Waals surface area (Å²) >= 11 is 0. The molecule has 3 N–H and O–H groups in total. The van der Waals surface area contributed by atoms with Crippen LogP contribution in [0.2, 0.25) is 0 Å². The number of hydrogen-bond acceptors (Lipinski definition) is 2. The highest BCUT2D eigenvalue weighted by Gasteiger charge is 2.28. The van der Waals surface area contributed by atoms with Crippen LogP contribution in [0.1, 0.15) is 24.1 Å². The lowest BCUT2D eigenvalue weighted by atomic mass is 9.98. The quantitative estimate of drug-likeness (QED) is 0.837. The summed E-state index contributed by atoms with van der Waals surface area (Å²) in [6.45, 7) is 1.09. The molecule has 0 aliphatic rings. The number of alkyl halides is 3. The number of aryl methyl sites for hydroxylation is 1. The van der Waals surface area contributed by atoms with Crippen molar-refractivity contribution in [3.63, 3.8) is 0 Å². The predicted octanol–water partition coefficient (Wildman–Crippen LogP) is 2.40. The van der Waals surface area contributed by atoms with E-state index in [4.69, 9.17) is 5.73 Å². The van der Waals surface area contributed by atoms with E-state index in [9.17, 15) is 13.2 Å². The van der Waals surface area contributed by atoms with Gasteiger partial charge in [-0.2, -0.15) is 13.2 Å². The van der Waals surface area contributed by atoms with Gasteiger partial charge in [-0.1, -0.05) is 31.2 Å². The maximum Gasteiger partial charge on any atom is 0.401 e. The third-order valence-corrected chi connectivity index (χ3v) is 2.60. The Balaban J connectivity index is 2.79. The van der Waals surface area contributed by atoms with Crippen LogP contribution in [-0.2, 0) is 6.42 Å². The molecule has 1 unspecified atom stereocenters. The van der Waals surface area contributed by atoms with Crippen molar-refractivity contribution in [3.05, 3.63) is 35.4 Å². The molecule has 5 heteroatoms. The molecule has 0 bridgehead atoms. The summed E-state index contributed by atoms with van der Waals surface area (Å²) in [5.74, 6) is 0. The van der Waals surface area contributed by atoms with E-state index in [2.05, 4.69) is 5.32 Å². The van der Waals surface area contributed by atoms with E-state index in [1.54, 1.807) is 0 Å². The first kappa shape index (κ1) is 14.0. The van der Waals surface area contributed by atoms with Crippen molar-refractivity contribution in [2.45, 2.75) is 25.6 Å². The molecule has 0 spiro atoms. The fourth-order valence-electron chi connectivity index (χ4n) is 1.76. The molecule has 0 amide bonds. The number of rotatable bonds is 5. The minimum absolute atomic E-state index is 0.146. The zero-order chi connectivity index (χ0) is 12.9. The number of nitrogens with two attached hydrogens (primary N) is 1. The average Bonchev–Trinajstić information content (AvgIpc) is 2.29. The van der Waals surface area contributed by atoms with Crippen molar-refractivity contribution in [2.75, 3.05) is 13.1 Å². The van der Waals surface area contributed by atoms with Crippen molar-refractivity contribution in [2.24, 2.45) is 5.73 Å². The van der Waals surface area contributed by atoms with Crippen LogP contribution < -0.4 is 11.1 Å². The molecule has 0 fully saturated rings. The smallest absolute Gasteiger partial charge is 0.329 e. The first-order chi connectivity index (χ1) is 7.98. The molecule has 1 rings (SSSR count). The van der Waals surface area contributed by atoms with E-state index < -0.39 is 18.8 Å². The van der Waals surface area contributed by atoms with Gasteiger partial charge in [-0.15, -0.1) is 0 Å². The molecular formula is C12H17F3N2. The predicted molar refractivity (Wildman–Crippen MR) is 61.7 cm³/mol. The Morgan fingerprint density at radius 2 is 1.94 bits per heavy atom. The van der Waals surface area contributed by atoms with Crippen LogP contribution in [0, 0.1) is 0 Å². The zero-order valence-electron chi connectivity index (χ0n) is 9.72. The second-order valence-electron chi connectivity index (χ2n) is 3.84. The van der Waals surface area contributed by atoms with E-state index >= 15 is 0 Å². The third-order valence-electron chi connectivity index (χ3n) is 2.60. The summed E-state index contributed by atoms with van der Waals surface area (Å²) in [6.07, 6.45) is -3.44. The monoisotopic (exact) mass is 246 g/mol. The highest BCUT2D eigenvalue weighted by Crippen LogP contribution is 2.20. The topological polar surface area (TPSA) is 38.0 Å². The van der Waals surface area contributed by atoms with Crippen LogP contribution in [0.4, 0.5) is 13.2 Å². The zero-order valence-corrected chi connectivity index (χ0v) is 9.72. The standard InChI is InChI=1S/C12H17F3N2/c1-2-9-5-3-4-6-10(9)11(7-16)17-8-12(13,14)15/h3-6,11,17H,2,7-8,16H2,1H3. The van der Waals surface area contributed by atoms with Crippen molar-refractivity contribution >= 4 is 0 Å². The maximum atomic E-state index is 12.1. The largest absolute Gasteiger partial charge is 0.401 e. The van der Waals surface area contributed by atoms with Crippen LogP contribution in [0.3, 0.4) is 0 Å². The van der Waals surface area contributed by atoms with Crippen LogP contribution in [0.5, 0.6) is 0 Å². The lowest BCUT2D eigenvalue weighted by Crippen LogP contribution is -2.36. The fourth-order valence-corrected chi connectivity index (χ4v) is 1.76. The van der Waals surface area contributed by atoms with Crippen molar-refractivity contribution in [1.29, 1.82) is 0 Å². The van der Waals surface area contributed by atoms with Gasteiger partial charge in [0.1, 0.15) is 0 Å². The van der Waals surface area contributed by atoms with Crippen LogP contribution in [0.25, 0.3) is 0 Å². The molecule has 0 heterocycles. The Kier molecular flexibility index (Phi) is 4.96. The molecular weight excluding hydrogens is 229 g/mol. The van der Waals surface area contributed by atoms with Crippen LogP contribution >= 0.6 is 0 Å². The minimum Gasteiger partial charge on any atom is -0.329 e.